The van der Waals surface area contributed by atoms with E-state index >= 15 is 0 Å². The van der Waals surface area contributed by atoms with Crippen LogP contribution in [0, 0.1) is 0 Å². The maximum Gasteiger partial charge on any atom is 0.321 e. The molecular formula is C11H20N2O4S. The SMILES string of the molecule is CCNC(=O)NC(=O)C(C)SC(C)CC(=O)OC. The molecular weight excluding hydrogens is 256 g/mol. The van der Waals surface area contributed by atoms with E-state index in [4.69, 9.17) is 0 Å². The van der Waals surface area contributed by atoms with Crippen molar-refractivity contribution in [3.05, 3.63) is 0 Å². The fraction of sp³-hybridized carbons (Fsp3) is 0.727. The molecule has 0 aliphatic carbocycles. The smallest absolute Gasteiger partial charge is 0.321 e. The largest absolute Gasteiger partial charge is 0.469 e. The molecule has 0 saturated carbocycles. The minimum Gasteiger partial charge on any atom is -0.469 e. The Morgan fingerprint density at radius 1 is 1.28 bits per heavy atom. The quantitative estimate of drug-likeness (QED) is 0.704. The number of carbonyl (C=O) groups excluding carboxylic acids is 3. The second-order valence-electron chi connectivity index (χ2n) is 3.72. The molecule has 0 heterocycles. The number of methoxy groups -OCH3 is 1. The van der Waals surface area contributed by atoms with E-state index in [9.17, 15) is 14.4 Å². The van der Waals surface area contributed by atoms with Gasteiger partial charge in [0.2, 0.25) is 5.91 Å². The molecule has 0 spiro atoms. The third kappa shape index (κ3) is 7.16. The van der Waals surface area contributed by atoms with E-state index in [1.54, 1.807) is 13.8 Å². The van der Waals surface area contributed by atoms with E-state index in [0.717, 1.165) is 0 Å². The Kier molecular flexibility index (Phi) is 8.19. The lowest BCUT2D eigenvalue weighted by atomic mass is 10.3. The average molecular weight is 276 g/mol. The summed E-state index contributed by atoms with van der Waals surface area (Å²) >= 11 is 1.32. The molecule has 0 aliphatic rings. The Labute approximate surface area is 111 Å². The van der Waals surface area contributed by atoms with E-state index in [2.05, 4.69) is 15.4 Å². The van der Waals surface area contributed by atoms with Crippen molar-refractivity contribution in [2.24, 2.45) is 0 Å². The van der Waals surface area contributed by atoms with Crippen molar-refractivity contribution >= 4 is 29.7 Å². The van der Waals surface area contributed by atoms with E-state index in [0.29, 0.717) is 6.54 Å². The molecule has 2 N–H and O–H groups in total. The fourth-order valence-electron chi connectivity index (χ4n) is 1.19. The lowest BCUT2D eigenvalue weighted by Gasteiger charge is -2.15. The van der Waals surface area contributed by atoms with Crippen LogP contribution in [0.2, 0.25) is 0 Å². The Bertz CT molecular complexity index is 309. The molecule has 0 aromatic carbocycles. The number of carbonyl (C=O) groups is 3. The number of imide groups is 1. The topological polar surface area (TPSA) is 84.5 Å². The molecule has 0 aromatic heterocycles. The number of urea groups is 1. The Morgan fingerprint density at radius 3 is 2.39 bits per heavy atom. The van der Waals surface area contributed by atoms with Crippen molar-refractivity contribution in [2.45, 2.75) is 37.7 Å². The summed E-state index contributed by atoms with van der Waals surface area (Å²) in [6.07, 6.45) is 0.236. The summed E-state index contributed by atoms with van der Waals surface area (Å²) in [6, 6.07) is -0.504. The van der Waals surface area contributed by atoms with Gasteiger partial charge in [0.25, 0.3) is 0 Å². The van der Waals surface area contributed by atoms with Crippen LogP contribution in [0.1, 0.15) is 27.2 Å². The van der Waals surface area contributed by atoms with Gasteiger partial charge >= 0.3 is 12.0 Å². The zero-order valence-corrected chi connectivity index (χ0v) is 11.9. The predicted octanol–water partition coefficient (Wildman–Crippen LogP) is 0.905. The summed E-state index contributed by atoms with van der Waals surface area (Å²) < 4.78 is 4.54. The molecule has 6 nitrogen and oxygen atoms in total. The monoisotopic (exact) mass is 276 g/mol. The molecule has 0 fully saturated rings. The van der Waals surface area contributed by atoms with Gasteiger partial charge in [-0.05, 0) is 13.8 Å². The van der Waals surface area contributed by atoms with Gasteiger partial charge in [0, 0.05) is 11.8 Å². The van der Waals surface area contributed by atoms with Gasteiger partial charge in [-0.25, -0.2) is 4.79 Å². The summed E-state index contributed by atoms with van der Waals surface area (Å²) in [5.74, 6) is -0.686. The normalized spacial score (nSPS) is 13.3. The number of ether oxygens (including phenoxy) is 1. The average Bonchev–Trinajstić information content (AvgIpc) is 2.28. The molecule has 18 heavy (non-hydrogen) atoms. The zero-order valence-electron chi connectivity index (χ0n) is 11.1. The zero-order chi connectivity index (χ0) is 14.1. The summed E-state index contributed by atoms with van der Waals surface area (Å²) in [5.41, 5.74) is 0. The molecule has 0 bridgehead atoms. The van der Waals surface area contributed by atoms with Crippen molar-refractivity contribution < 1.29 is 19.1 Å². The van der Waals surface area contributed by atoms with Gasteiger partial charge in [-0.2, -0.15) is 0 Å². The first-order chi connectivity index (χ1) is 8.40. The Hall–Kier alpha value is -1.24. The van der Waals surface area contributed by atoms with Crippen LogP contribution < -0.4 is 10.6 Å². The molecule has 0 saturated heterocycles. The number of esters is 1. The number of hydrogen-bond donors (Lipinski definition) is 2. The minimum atomic E-state index is -0.504. The lowest BCUT2D eigenvalue weighted by Crippen LogP contribution is -2.42. The number of amides is 3. The molecule has 0 aromatic rings. The molecule has 2 unspecified atom stereocenters. The van der Waals surface area contributed by atoms with Crippen LogP contribution in [0.25, 0.3) is 0 Å². The van der Waals surface area contributed by atoms with Crippen LogP contribution in [0.3, 0.4) is 0 Å². The highest BCUT2D eigenvalue weighted by Gasteiger charge is 2.20. The molecule has 0 radical (unpaired) electrons. The molecule has 0 rings (SSSR count). The summed E-state index contributed by atoms with van der Waals surface area (Å²) in [5, 5.41) is 4.24. The number of nitrogens with one attached hydrogen (secondary N) is 2. The summed E-state index contributed by atoms with van der Waals surface area (Å²) in [6.45, 7) is 5.74. The Balaban J connectivity index is 4.07. The van der Waals surface area contributed by atoms with Crippen LogP contribution in [-0.4, -0.2) is 42.1 Å². The lowest BCUT2D eigenvalue weighted by molar-refractivity contribution is -0.140. The fourth-order valence-corrected chi connectivity index (χ4v) is 2.31. The molecule has 104 valence electrons. The first-order valence-corrected chi connectivity index (χ1v) is 6.65. The van der Waals surface area contributed by atoms with E-state index < -0.39 is 11.3 Å². The van der Waals surface area contributed by atoms with Gasteiger partial charge in [-0.1, -0.05) is 6.92 Å². The van der Waals surface area contributed by atoms with Crippen molar-refractivity contribution in [1.29, 1.82) is 0 Å². The second-order valence-corrected chi connectivity index (χ2v) is 5.50. The van der Waals surface area contributed by atoms with Crippen molar-refractivity contribution in [3.63, 3.8) is 0 Å². The van der Waals surface area contributed by atoms with E-state index in [-0.39, 0.29) is 23.5 Å². The van der Waals surface area contributed by atoms with Crippen molar-refractivity contribution in [1.82, 2.24) is 10.6 Å². The maximum atomic E-state index is 11.6. The van der Waals surface area contributed by atoms with Gasteiger partial charge in [0.1, 0.15) is 0 Å². The van der Waals surface area contributed by atoms with Gasteiger partial charge in [0.15, 0.2) is 0 Å². The highest BCUT2D eigenvalue weighted by atomic mass is 32.2. The molecule has 7 heteroatoms. The highest BCUT2D eigenvalue weighted by Crippen LogP contribution is 2.20. The second kappa shape index (κ2) is 8.79. The van der Waals surface area contributed by atoms with Crippen LogP contribution in [0.15, 0.2) is 0 Å². The predicted molar refractivity (Wildman–Crippen MR) is 70.4 cm³/mol. The first-order valence-electron chi connectivity index (χ1n) is 5.71. The van der Waals surface area contributed by atoms with Crippen molar-refractivity contribution in [2.75, 3.05) is 13.7 Å². The molecule has 0 aliphatic heterocycles. The minimum absolute atomic E-state index is 0.0487. The summed E-state index contributed by atoms with van der Waals surface area (Å²) in [7, 11) is 1.32. The molecule has 3 amide bonds. The first kappa shape index (κ1) is 16.8. The highest BCUT2D eigenvalue weighted by molar-refractivity contribution is 8.01. The number of rotatable bonds is 6. The van der Waals surface area contributed by atoms with E-state index in [1.165, 1.54) is 18.9 Å². The van der Waals surface area contributed by atoms with Gasteiger partial charge in [-0.3, -0.25) is 14.9 Å². The van der Waals surface area contributed by atoms with Crippen LogP contribution in [0.5, 0.6) is 0 Å². The van der Waals surface area contributed by atoms with Crippen LogP contribution in [0.4, 0.5) is 4.79 Å². The maximum absolute atomic E-state index is 11.6. The van der Waals surface area contributed by atoms with Gasteiger partial charge in [-0.15, -0.1) is 11.8 Å². The molecule has 2 atom stereocenters. The third-order valence-corrected chi connectivity index (χ3v) is 3.32. The van der Waals surface area contributed by atoms with E-state index in [1.807, 2.05) is 6.92 Å². The van der Waals surface area contributed by atoms with Gasteiger partial charge < -0.3 is 10.1 Å². The number of hydrogen-bond acceptors (Lipinski definition) is 5. The van der Waals surface area contributed by atoms with Gasteiger partial charge in [0.05, 0.1) is 18.8 Å². The number of thioether (sulfide) groups is 1. The Morgan fingerprint density at radius 2 is 1.89 bits per heavy atom. The van der Waals surface area contributed by atoms with Crippen LogP contribution >= 0.6 is 11.8 Å². The van der Waals surface area contributed by atoms with Crippen LogP contribution in [-0.2, 0) is 14.3 Å². The standard InChI is InChI=1S/C11H20N2O4S/c1-5-12-11(16)13-10(15)8(3)18-7(2)6-9(14)17-4/h7-8H,5-6H2,1-4H3,(H2,12,13,15,16). The summed E-state index contributed by atoms with van der Waals surface area (Å²) in [4.78, 5) is 33.8. The third-order valence-electron chi connectivity index (χ3n) is 2.06. The van der Waals surface area contributed by atoms with Crippen molar-refractivity contribution in [3.8, 4) is 0 Å².